The van der Waals surface area contributed by atoms with Crippen LogP contribution < -0.4 is 9.64 Å². The third-order valence-corrected chi connectivity index (χ3v) is 3.46. The number of fused-ring (bicyclic) bond motifs is 1. The quantitative estimate of drug-likeness (QED) is 0.777. The Morgan fingerprint density at radius 3 is 2.79 bits per heavy atom. The van der Waals surface area contributed by atoms with Gasteiger partial charge in [-0.3, -0.25) is 4.79 Å². The van der Waals surface area contributed by atoms with E-state index in [1.807, 2.05) is 18.2 Å². The zero-order valence-corrected chi connectivity index (χ0v) is 12.3. The monoisotopic (exact) mass is 261 g/mol. The van der Waals surface area contributed by atoms with Gasteiger partial charge in [0.2, 0.25) is 0 Å². The molecule has 1 aliphatic rings. The summed E-state index contributed by atoms with van der Waals surface area (Å²) in [4.78, 5) is 13.9. The minimum absolute atomic E-state index is 0.102. The van der Waals surface area contributed by atoms with Gasteiger partial charge >= 0.3 is 0 Å². The van der Waals surface area contributed by atoms with Gasteiger partial charge < -0.3 is 9.64 Å². The molecule has 0 spiro atoms. The van der Waals surface area contributed by atoms with Crippen LogP contribution >= 0.6 is 0 Å². The van der Waals surface area contributed by atoms with Crippen LogP contribution in [0.4, 0.5) is 5.69 Å². The Bertz CT molecular complexity index is 468. The van der Waals surface area contributed by atoms with Crippen LogP contribution in [-0.4, -0.2) is 25.0 Å². The third-order valence-electron chi connectivity index (χ3n) is 3.46. The van der Waals surface area contributed by atoms with Gasteiger partial charge in [0.05, 0.1) is 12.2 Å². The van der Waals surface area contributed by atoms with Crippen molar-refractivity contribution < 1.29 is 9.53 Å². The number of hydrogen-bond donors (Lipinski definition) is 0. The molecule has 3 nitrogen and oxygen atoms in total. The first-order valence-corrected chi connectivity index (χ1v) is 7.07. The SMILES string of the molecule is CCC1CN(CC(C)C)c2cc(C(C)=O)ccc2O1. The summed E-state index contributed by atoms with van der Waals surface area (Å²) in [7, 11) is 0. The molecule has 104 valence electrons. The Balaban J connectivity index is 2.36. The first-order chi connectivity index (χ1) is 9.01. The lowest BCUT2D eigenvalue weighted by molar-refractivity contribution is 0.101. The molecule has 1 atom stereocenters. The number of ether oxygens (including phenoxy) is 1. The van der Waals surface area contributed by atoms with E-state index in [9.17, 15) is 4.79 Å². The van der Waals surface area contributed by atoms with Crippen molar-refractivity contribution in [1.82, 2.24) is 0 Å². The molecule has 1 unspecified atom stereocenters. The molecule has 3 heteroatoms. The lowest BCUT2D eigenvalue weighted by Crippen LogP contribution is -2.41. The number of nitrogens with zero attached hydrogens (tertiary/aromatic N) is 1. The van der Waals surface area contributed by atoms with Crippen molar-refractivity contribution >= 4 is 11.5 Å². The summed E-state index contributed by atoms with van der Waals surface area (Å²) < 4.78 is 5.97. The molecule has 0 radical (unpaired) electrons. The second-order valence-corrected chi connectivity index (χ2v) is 5.69. The second-order valence-electron chi connectivity index (χ2n) is 5.69. The smallest absolute Gasteiger partial charge is 0.159 e. The molecular formula is C16H23NO2. The van der Waals surface area contributed by atoms with Gasteiger partial charge in [-0.2, -0.15) is 0 Å². The van der Waals surface area contributed by atoms with E-state index < -0.39 is 0 Å². The highest BCUT2D eigenvalue weighted by Gasteiger charge is 2.25. The van der Waals surface area contributed by atoms with E-state index >= 15 is 0 Å². The molecule has 1 aromatic carbocycles. The number of benzene rings is 1. The van der Waals surface area contributed by atoms with E-state index in [-0.39, 0.29) is 11.9 Å². The van der Waals surface area contributed by atoms with Crippen LogP contribution in [0.5, 0.6) is 5.75 Å². The lowest BCUT2D eigenvalue weighted by atomic mass is 10.1. The first kappa shape index (κ1) is 13.9. The van der Waals surface area contributed by atoms with Crippen LogP contribution in [0.15, 0.2) is 18.2 Å². The van der Waals surface area contributed by atoms with Gasteiger partial charge in [0.25, 0.3) is 0 Å². The number of Topliss-reactive ketones (excluding diaryl/α,β-unsaturated/α-hetero) is 1. The van der Waals surface area contributed by atoms with Gasteiger partial charge in [0, 0.05) is 12.1 Å². The van der Waals surface area contributed by atoms with Gasteiger partial charge in [-0.05, 0) is 37.5 Å². The van der Waals surface area contributed by atoms with Gasteiger partial charge in [-0.15, -0.1) is 0 Å². The van der Waals surface area contributed by atoms with E-state index in [2.05, 4.69) is 25.7 Å². The molecule has 0 saturated carbocycles. The Morgan fingerprint density at radius 1 is 1.47 bits per heavy atom. The van der Waals surface area contributed by atoms with E-state index in [1.165, 1.54) is 0 Å². The van der Waals surface area contributed by atoms with E-state index in [0.717, 1.165) is 36.5 Å². The summed E-state index contributed by atoms with van der Waals surface area (Å²) in [5, 5.41) is 0. The Kier molecular flexibility index (Phi) is 4.13. The minimum atomic E-state index is 0.102. The van der Waals surface area contributed by atoms with Crippen LogP contribution in [0.1, 0.15) is 44.5 Å². The molecule has 0 saturated heterocycles. The molecule has 0 aromatic heterocycles. The second kappa shape index (κ2) is 5.64. The van der Waals surface area contributed by atoms with E-state index in [4.69, 9.17) is 4.74 Å². The first-order valence-electron chi connectivity index (χ1n) is 7.07. The lowest BCUT2D eigenvalue weighted by Gasteiger charge is -2.37. The van der Waals surface area contributed by atoms with E-state index in [1.54, 1.807) is 6.92 Å². The Morgan fingerprint density at radius 2 is 2.21 bits per heavy atom. The van der Waals surface area contributed by atoms with Crippen molar-refractivity contribution in [2.45, 2.75) is 40.2 Å². The zero-order valence-electron chi connectivity index (χ0n) is 12.3. The molecular weight excluding hydrogens is 238 g/mol. The Hall–Kier alpha value is -1.51. The van der Waals surface area contributed by atoms with Crippen molar-refractivity contribution in [3.8, 4) is 5.75 Å². The average molecular weight is 261 g/mol. The largest absolute Gasteiger partial charge is 0.486 e. The number of carbonyl (C=O) groups is 1. The summed E-state index contributed by atoms with van der Waals surface area (Å²) in [5.41, 5.74) is 1.82. The number of anilines is 1. The normalized spacial score (nSPS) is 18.2. The van der Waals surface area contributed by atoms with Crippen LogP contribution in [0, 0.1) is 5.92 Å². The summed E-state index contributed by atoms with van der Waals surface area (Å²) >= 11 is 0. The molecule has 19 heavy (non-hydrogen) atoms. The van der Waals surface area contributed by atoms with Crippen LogP contribution in [0.25, 0.3) is 0 Å². The van der Waals surface area contributed by atoms with Gasteiger partial charge in [0.15, 0.2) is 5.78 Å². The maximum Gasteiger partial charge on any atom is 0.159 e. The van der Waals surface area contributed by atoms with Crippen molar-refractivity contribution in [1.29, 1.82) is 0 Å². The maximum absolute atomic E-state index is 11.5. The van der Waals surface area contributed by atoms with Crippen molar-refractivity contribution in [3.63, 3.8) is 0 Å². The molecule has 0 N–H and O–H groups in total. The molecule has 0 aliphatic carbocycles. The summed E-state index contributed by atoms with van der Waals surface area (Å²) in [6.45, 7) is 10.1. The highest BCUT2D eigenvalue weighted by atomic mass is 16.5. The predicted octanol–water partition coefficient (Wildman–Crippen LogP) is 3.52. The van der Waals surface area contributed by atoms with Gasteiger partial charge in [0.1, 0.15) is 11.9 Å². The molecule has 1 heterocycles. The number of ketones is 1. The molecule has 0 fully saturated rings. The predicted molar refractivity (Wildman–Crippen MR) is 78.2 cm³/mol. The fraction of sp³-hybridized carbons (Fsp3) is 0.562. The molecule has 1 aliphatic heterocycles. The Labute approximate surface area is 115 Å². The molecule has 0 bridgehead atoms. The molecule has 1 aromatic rings. The summed E-state index contributed by atoms with van der Waals surface area (Å²) in [6.07, 6.45) is 1.25. The standard InChI is InChI=1S/C16H23NO2/c1-5-14-10-17(9-11(2)3)15-8-13(12(4)18)6-7-16(15)19-14/h6-8,11,14H,5,9-10H2,1-4H3. The minimum Gasteiger partial charge on any atom is -0.486 e. The number of hydrogen-bond acceptors (Lipinski definition) is 3. The van der Waals surface area contributed by atoms with Crippen molar-refractivity contribution in [2.75, 3.05) is 18.0 Å². The van der Waals surface area contributed by atoms with Crippen molar-refractivity contribution in [3.05, 3.63) is 23.8 Å². The summed E-state index contributed by atoms with van der Waals surface area (Å²) in [5.74, 6) is 1.60. The highest BCUT2D eigenvalue weighted by molar-refractivity contribution is 5.95. The van der Waals surface area contributed by atoms with E-state index in [0.29, 0.717) is 5.92 Å². The van der Waals surface area contributed by atoms with Crippen molar-refractivity contribution in [2.24, 2.45) is 5.92 Å². The fourth-order valence-electron chi connectivity index (χ4n) is 2.47. The number of rotatable bonds is 4. The fourth-order valence-corrected chi connectivity index (χ4v) is 2.47. The topological polar surface area (TPSA) is 29.5 Å². The van der Waals surface area contributed by atoms with Gasteiger partial charge in [-0.1, -0.05) is 20.8 Å². The third kappa shape index (κ3) is 3.09. The van der Waals surface area contributed by atoms with Crippen LogP contribution in [0.2, 0.25) is 0 Å². The number of carbonyl (C=O) groups excluding carboxylic acids is 1. The average Bonchev–Trinajstić information content (AvgIpc) is 2.37. The van der Waals surface area contributed by atoms with Crippen LogP contribution in [-0.2, 0) is 0 Å². The molecule has 0 amide bonds. The maximum atomic E-state index is 11.5. The van der Waals surface area contributed by atoms with Crippen LogP contribution in [0.3, 0.4) is 0 Å². The highest BCUT2D eigenvalue weighted by Crippen LogP contribution is 2.35. The summed E-state index contributed by atoms with van der Waals surface area (Å²) in [6, 6.07) is 5.75. The van der Waals surface area contributed by atoms with Gasteiger partial charge in [-0.25, -0.2) is 0 Å². The molecule has 2 rings (SSSR count). The zero-order chi connectivity index (χ0) is 14.0.